The summed E-state index contributed by atoms with van der Waals surface area (Å²) < 4.78 is 35.8. The molecule has 1 aliphatic rings. The van der Waals surface area contributed by atoms with Crippen LogP contribution in [0.2, 0.25) is 0 Å². The van der Waals surface area contributed by atoms with Crippen molar-refractivity contribution in [1.29, 1.82) is 0 Å². The van der Waals surface area contributed by atoms with Crippen molar-refractivity contribution < 1.29 is 17.6 Å². The van der Waals surface area contributed by atoms with E-state index in [1.54, 1.807) is 6.07 Å². The lowest BCUT2D eigenvalue weighted by Crippen LogP contribution is -2.44. The maximum atomic E-state index is 12.9. The molecule has 0 aromatic heterocycles. The molecule has 0 unspecified atom stereocenters. The van der Waals surface area contributed by atoms with Gasteiger partial charge in [-0.1, -0.05) is 6.07 Å². The van der Waals surface area contributed by atoms with Crippen molar-refractivity contribution in [3.05, 3.63) is 30.1 Å². The fourth-order valence-electron chi connectivity index (χ4n) is 2.06. The zero-order valence-electron chi connectivity index (χ0n) is 10.2. The van der Waals surface area contributed by atoms with Crippen molar-refractivity contribution in [2.45, 2.75) is 18.9 Å². The van der Waals surface area contributed by atoms with E-state index in [2.05, 4.69) is 10.6 Å². The number of carbonyl (C=O) groups excluding carboxylic acids is 1. The smallest absolute Gasteiger partial charge is 0.319 e. The number of hydrogen-bond acceptors (Lipinski definition) is 3. The Bertz CT molecular complexity index is 574. The number of carbonyl (C=O) groups is 1. The molecule has 0 radical (unpaired) electrons. The van der Waals surface area contributed by atoms with E-state index in [4.69, 9.17) is 0 Å². The summed E-state index contributed by atoms with van der Waals surface area (Å²) in [7, 11) is -3.06. The van der Waals surface area contributed by atoms with Gasteiger partial charge in [0.2, 0.25) is 0 Å². The van der Waals surface area contributed by atoms with Gasteiger partial charge in [-0.3, -0.25) is 0 Å². The highest BCUT2D eigenvalue weighted by molar-refractivity contribution is 7.91. The quantitative estimate of drug-likeness (QED) is 0.865. The van der Waals surface area contributed by atoms with Gasteiger partial charge in [-0.05, 0) is 31.0 Å². The molecule has 19 heavy (non-hydrogen) atoms. The molecular weight excluding hydrogens is 271 g/mol. The first-order valence-corrected chi connectivity index (χ1v) is 7.80. The van der Waals surface area contributed by atoms with Crippen molar-refractivity contribution >= 4 is 21.6 Å². The van der Waals surface area contributed by atoms with Crippen molar-refractivity contribution in [2.24, 2.45) is 0 Å². The summed E-state index contributed by atoms with van der Waals surface area (Å²) in [5, 5.41) is 5.06. The molecule has 1 aromatic carbocycles. The molecule has 0 spiro atoms. The van der Waals surface area contributed by atoms with Gasteiger partial charge < -0.3 is 10.6 Å². The SMILES string of the molecule is O=C(Nc1cccc(F)c1)N[C@@H]1CCCS(=O)(=O)C1. The molecule has 5 nitrogen and oxygen atoms in total. The molecule has 1 saturated heterocycles. The number of rotatable bonds is 2. The van der Waals surface area contributed by atoms with E-state index >= 15 is 0 Å². The number of benzene rings is 1. The first kappa shape index (κ1) is 13.8. The lowest BCUT2D eigenvalue weighted by atomic mass is 10.2. The largest absolute Gasteiger partial charge is 0.334 e. The summed E-state index contributed by atoms with van der Waals surface area (Å²) in [6, 6.07) is 4.60. The average molecular weight is 286 g/mol. The second-order valence-electron chi connectivity index (χ2n) is 4.56. The van der Waals surface area contributed by atoms with Crippen LogP contribution in [-0.4, -0.2) is 32.0 Å². The van der Waals surface area contributed by atoms with Crippen molar-refractivity contribution in [1.82, 2.24) is 5.32 Å². The van der Waals surface area contributed by atoms with E-state index in [9.17, 15) is 17.6 Å². The summed E-state index contributed by atoms with van der Waals surface area (Å²) in [6.07, 6.45) is 1.18. The van der Waals surface area contributed by atoms with Crippen molar-refractivity contribution in [2.75, 3.05) is 16.8 Å². The first-order valence-electron chi connectivity index (χ1n) is 5.98. The number of hydrogen-bond donors (Lipinski definition) is 2. The number of halogens is 1. The maximum absolute atomic E-state index is 12.9. The Morgan fingerprint density at radius 3 is 2.84 bits per heavy atom. The third-order valence-electron chi connectivity index (χ3n) is 2.88. The molecule has 1 heterocycles. The van der Waals surface area contributed by atoms with Crippen LogP contribution in [0.3, 0.4) is 0 Å². The summed E-state index contributed by atoms with van der Waals surface area (Å²) in [4.78, 5) is 11.7. The highest BCUT2D eigenvalue weighted by Gasteiger charge is 2.25. The number of nitrogens with one attached hydrogen (secondary N) is 2. The maximum Gasteiger partial charge on any atom is 0.319 e. The first-order chi connectivity index (χ1) is 8.94. The van der Waals surface area contributed by atoms with E-state index in [0.717, 1.165) is 0 Å². The Labute approximate surface area is 111 Å². The van der Waals surface area contributed by atoms with Crippen molar-refractivity contribution in [3.8, 4) is 0 Å². The Hall–Kier alpha value is -1.63. The van der Waals surface area contributed by atoms with E-state index in [1.165, 1.54) is 18.2 Å². The van der Waals surface area contributed by atoms with Gasteiger partial charge in [0.25, 0.3) is 0 Å². The molecule has 7 heteroatoms. The number of amides is 2. The van der Waals surface area contributed by atoms with Crippen LogP contribution in [0, 0.1) is 5.82 Å². The van der Waals surface area contributed by atoms with Gasteiger partial charge in [-0.25, -0.2) is 17.6 Å². The topological polar surface area (TPSA) is 75.3 Å². The predicted molar refractivity (Wildman–Crippen MR) is 70.2 cm³/mol. The normalized spacial score (nSPS) is 21.6. The number of anilines is 1. The lowest BCUT2D eigenvalue weighted by Gasteiger charge is -2.23. The van der Waals surface area contributed by atoms with E-state index < -0.39 is 21.7 Å². The molecule has 2 rings (SSSR count). The minimum Gasteiger partial charge on any atom is -0.334 e. The van der Waals surface area contributed by atoms with Crippen LogP contribution in [0.5, 0.6) is 0 Å². The molecule has 1 atom stereocenters. The Balaban J connectivity index is 1.91. The zero-order valence-corrected chi connectivity index (χ0v) is 11.0. The van der Waals surface area contributed by atoms with Crippen LogP contribution in [0.1, 0.15) is 12.8 Å². The molecule has 0 bridgehead atoms. The molecule has 0 aliphatic carbocycles. The molecular formula is C12H15FN2O3S. The summed E-state index contributed by atoms with van der Waals surface area (Å²) >= 11 is 0. The van der Waals surface area contributed by atoms with Gasteiger partial charge >= 0.3 is 6.03 Å². The Morgan fingerprint density at radius 2 is 2.16 bits per heavy atom. The van der Waals surface area contributed by atoms with Crippen LogP contribution in [0.15, 0.2) is 24.3 Å². The summed E-state index contributed by atoms with van der Waals surface area (Å²) in [5.41, 5.74) is 0.330. The Kier molecular flexibility index (Phi) is 4.04. The van der Waals surface area contributed by atoms with Crippen molar-refractivity contribution in [3.63, 3.8) is 0 Å². The van der Waals surface area contributed by atoms with Gasteiger partial charge in [-0.2, -0.15) is 0 Å². The third kappa shape index (κ3) is 4.20. The standard InChI is InChI=1S/C12H15FN2O3S/c13-9-3-1-4-10(7-9)14-12(16)15-11-5-2-6-19(17,18)8-11/h1,3-4,7,11H,2,5-6,8H2,(H2,14,15,16)/t11-/m1/s1. The zero-order chi connectivity index (χ0) is 13.9. The molecule has 1 aliphatic heterocycles. The molecule has 1 fully saturated rings. The minimum absolute atomic E-state index is 0.0381. The molecule has 0 saturated carbocycles. The lowest BCUT2D eigenvalue weighted by molar-refractivity contribution is 0.248. The second kappa shape index (κ2) is 5.56. The predicted octanol–water partition coefficient (Wildman–Crippen LogP) is 1.52. The monoisotopic (exact) mass is 286 g/mol. The molecule has 1 aromatic rings. The number of sulfone groups is 1. The van der Waals surface area contributed by atoms with Gasteiger partial charge in [0, 0.05) is 11.7 Å². The van der Waals surface area contributed by atoms with Crippen LogP contribution in [0.25, 0.3) is 0 Å². The van der Waals surface area contributed by atoms with E-state index in [-0.39, 0.29) is 17.5 Å². The van der Waals surface area contributed by atoms with Crippen LogP contribution < -0.4 is 10.6 Å². The molecule has 104 valence electrons. The summed E-state index contributed by atoms with van der Waals surface area (Å²) in [5.74, 6) is -0.307. The van der Waals surface area contributed by atoms with E-state index in [1.807, 2.05) is 0 Å². The van der Waals surface area contributed by atoms with Crippen LogP contribution in [-0.2, 0) is 9.84 Å². The summed E-state index contributed by atoms with van der Waals surface area (Å²) in [6.45, 7) is 0. The minimum atomic E-state index is -3.06. The highest BCUT2D eigenvalue weighted by atomic mass is 32.2. The fourth-order valence-corrected chi connectivity index (χ4v) is 3.69. The van der Waals surface area contributed by atoms with Gasteiger partial charge in [0.1, 0.15) is 5.82 Å². The second-order valence-corrected chi connectivity index (χ2v) is 6.79. The van der Waals surface area contributed by atoms with Crippen LogP contribution >= 0.6 is 0 Å². The third-order valence-corrected chi connectivity index (χ3v) is 4.70. The van der Waals surface area contributed by atoms with Crippen LogP contribution in [0.4, 0.5) is 14.9 Å². The van der Waals surface area contributed by atoms with Gasteiger partial charge in [-0.15, -0.1) is 0 Å². The highest BCUT2D eigenvalue weighted by Crippen LogP contribution is 2.13. The van der Waals surface area contributed by atoms with Gasteiger partial charge in [0.15, 0.2) is 9.84 Å². The Morgan fingerprint density at radius 1 is 1.37 bits per heavy atom. The van der Waals surface area contributed by atoms with E-state index in [0.29, 0.717) is 18.5 Å². The number of urea groups is 1. The average Bonchev–Trinajstić information content (AvgIpc) is 2.27. The molecule has 2 N–H and O–H groups in total. The fraction of sp³-hybridized carbons (Fsp3) is 0.417. The molecule has 2 amide bonds. The van der Waals surface area contributed by atoms with Gasteiger partial charge in [0.05, 0.1) is 11.5 Å².